The van der Waals surface area contributed by atoms with Gasteiger partial charge in [0.1, 0.15) is 11.4 Å². The predicted molar refractivity (Wildman–Crippen MR) is 56.1 cm³/mol. The van der Waals surface area contributed by atoms with Crippen molar-refractivity contribution in [3.63, 3.8) is 0 Å². The smallest absolute Gasteiger partial charge is 0.141 e. The van der Waals surface area contributed by atoms with Crippen LogP contribution in [-0.4, -0.2) is 19.9 Å². The second-order valence-electron chi connectivity index (χ2n) is 3.80. The van der Waals surface area contributed by atoms with E-state index in [1.54, 1.807) is 30.9 Å². The van der Waals surface area contributed by atoms with Crippen molar-refractivity contribution in [1.29, 1.82) is 0 Å². The minimum atomic E-state index is -1.31. The highest BCUT2D eigenvalue weighted by molar-refractivity contribution is 5.28. The number of halogens is 1. The maximum Gasteiger partial charge on any atom is 0.141 e. The molecule has 0 saturated heterocycles. The first-order valence-corrected chi connectivity index (χ1v) is 4.83. The van der Waals surface area contributed by atoms with Crippen molar-refractivity contribution >= 4 is 0 Å². The molecule has 84 valence electrons. The van der Waals surface area contributed by atoms with Crippen molar-refractivity contribution in [3.05, 3.63) is 47.8 Å². The first-order valence-electron chi connectivity index (χ1n) is 4.83. The Balaban J connectivity index is 2.51. The number of hydrogen-bond acceptors (Lipinski definition) is 3. The molecule has 5 heteroatoms. The van der Waals surface area contributed by atoms with Gasteiger partial charge in [-0.25, -0.2) is 4.39 Å². The summed E-state index contributed by atoms with van der Waals surface area (Å²) in [6, 6.07) is 2.95. The van der Waals surface area contributed by atoms with Crippen molar-refractivity contribution in [2.24, 2.45) is 7.05 Å². The molecule has 16 heavy (non-hydrogen) atoms. The third kappa shape index (κ3) is 1.69. The second kappa shape index (κ2) is 3.68. The molecule has 0 bridgehead atoms. The van der Waals surface area contributed by atoms with Gasteiger partial charge in [0.05, 0.1) is 11.9 Å². The zero-order chi connectivity index (χ0) is 11.8. The highest BCUT2D eigenvalue weighted by atomic mass is 19.1. The molecule has 0 amide bonds. The fourth-order valence-corrected chi connectivity index (χ4v) is 1.68. The number of nitrogens with zero attached hydrogens (tertiary/aromatic N) is 3. The van der Waals surface area contributed by atoms with Gasteiger partial charge in [0.25, 0.3) is 0 Å². The van der Waals surface area contributed by atoms with Gasteiger partial charge in [-0.3, -0.25) is 9.67 Å². The molecule has 4 nitrogen and oxygen atoms in total. The van der Waals surface area contributed by atoms with Crippen molar-refractivity contribution in [2.75, 3.05) is 0 Å². The van der Waals surface area contributed by atoms with Crippen LogP contribution in [0.15, 0.2) is 30.7 Å². The molecule has 0 radical (unpaired) electrons. The van der Waals surface area contributed by atoms with Crippen LogP contribution in [0.4, 0.5) is 4.39 Å². The summed E-state index contributed by atoms with van der Waals surface area (Å²) in [6.45, 7) is 1.58. The number of aliphatic hydroxyl groups is 1. The average molecular weight is 221 g/mol. The van der Waals surface area contributed by atoms with E-state index in [2.05, 4.69) is 10.1 Å². The van der Waals surface area contributed by atoms with Crippen LogP contribution >= 0.6 is 0 Å². The summed E-state index contributed by atoms with van der Waals surface area (Å²) in [7, 11) is 1.72. The van der Waals surface area contributed by atoms with Gasteiger partial charge in [-0.15, -0.1) is 0 Å². The van der Waals surface area contributed by atoms with Gasteiger partial charge in [0, 0.05) is 25.0 Å². The largest absolute Gasteiger partial charge is 0.379 e. The molecule has 0 fully saturated rings. The van der Waals surface area contributed by atoms with E-state index in [9.17, 15) is 9.50 Å². The molecule has 0 aliphatic rings. The van der Waals surface area contributed by atoms with Crippen LogP contribution in [0.5, 0.6) is 0 Å². The fraction of sp³-hybridized carbons (Fsp3) is 0.273. The van der Waals surface area contributed by atoms with Crippen LogP contribution in [0, 0.1) is 5.82 Å². The van der Waals surface area contributed by atoms with E-state index in [0.29, 0.717) is 11.3 Å². The lowest BCUT2D eigenvalue weighted by Crippen LogP contribution is -2.26. The summed E-state index contributed by atoms with van der Waals surface area (Å²) in [5.74, 6) is -0.472. The van der Waals surface area contributed by atoms with Gasteiger partial charge in [-0.2, -0.15) is 5.10 Å². The molecule has 2 aromatic rings. The van der Waals surface area contributed by atoms with Gasteiger partial charge in [0.2, 0.25) is 0 Å². The van der Waals surface area contributed by atoms with Crippen LogP contribution in [0.2, 0.25) is 0 Å². The van der Waals surface area contributed by atoms with Crippen molar-refractivity contribution in [3.8, 4) is 0 Å². The van der Waals surface area contributed by atoms with Crippen LogP contribution < -0.4 is 0 Å². The molecule has 0 aliphatic carbocycles. The van der Waals surface area contributed by atoms with Crippen molar-refractivity contribution in [1.82, 2.24) is 14.8 Å². The van der Waals surface area contributed by atoms with E-state index in [4.69, 9.17) is 0 Å². The number of aryl methyl sites for hydroxylation is 1. The molecule has 2 rings (SSSR count). The fourth-order valence-electron chi connectivity index (χ4n) is 1.68. The van der Waals surface area contributed by atoms with Crippen LogP contribution in [0.1, 0.15) is 18.2 Å². The molecule has 0 spiro atoms. The quantitative estimate of drug-likeness (QED) is 0.829. The predicted octanol–water partition coefficient (Wildman–Crippen LogP) is 1.21. The standard InChI is InChI=1S/C11H12FN3O/c1-11(16,10-3-4-14-15(10)2)8-5-9(12)7-13-6-8/h3-7,16H,1-2H3. The summed E-state index contributed by atoms with van der Waals surface area (Å²) in [5.41, 5.74) is -0.323. The van der Waals surface area contributed by atoms with Crippen LogP contribution in [0.3, 0.4) is 0 Å². The molecular weight excluding hydrogens is 209 g/mol. The Bertz CT molecular complexity index is 507. The van der Waals surface area contributed by atoms with Gasteiger partial charge in [-0.05, 0) is 19.1 Å². The Morgan fingerprint density at radius 1 is 1.44 bits per heavy atom. The summed E-state index contributed by atoms with van der Waals surface area (Å²) in [4.78, 5) is 3.73. The highest BCUT2D eigenvalue weighted by Crippen LogP contribution is 2.27. The number of rotatable bonds is 2. The maximum atomic E-state index is 13.0. The molecule has 0 saturated carbocycles. The molecule has 1 unspecified atom stereocenters. The Morgan fingerprint density at radius 2 is 2.19 bits per heavy atom. The topological polar surface area (TPSA) is 50.9 Å². The number of pyridine rings is 1. The molecule has 1 atom stereocenters. The lowest BCUT2D eigenvalue weighted by molar-refractivity contribution is 0.0921. The lowest BCUT2D eigenvalue weighted by Gasteiger charge is -2.23. The summed E-state index contributed by atoms with van der Waals surface area (Å²) in [6.07, 6.45) is 4.12. The van der Waals surface area contributed by atoms with E-state index < -0.39 is 11.4 Å². The first-order chi connectivity index (χ1) is 7.51. The Morgan fingerprint density at radius 3 is 2.75 bits per heavy atom. The Hall–Kier alpha value is -1.75. The number of hydrogen-bond donors (Lipinski definition) is 1. The highest BCUT2D eigenvalue weighted by Gasteiger charge is 2.29. The zero-order valence-electron chi connectivity index (χ0n) is 9.05. The normalized spacial score (nSPS) is 14.8. The minimum absolute atomic E-state index is 0.399. The SMILES string of the molecule is Cn1nccc1C(C)(O)c1cncc(F)c1. The second-order valence-corrected chi connectivity index (χ2v) is 3.80. The van der Waals surface area contributed by atoms with Crippen LogP contribution in [-0.2, 0) is 12.6 Å². The molecule has 0 aliphatic heterocycles. The third-order valence-electron chi connectivity index (χ3n) is 2.59. The van der Waals surface area contributed by atoms with Gasteiger partial charge >= 0.3 is 0 Å². The minimum Gasteiger partial charge on any atom is -0.379 e. The monoisotopic (exact) mass is 221 g/mol. The average Bonchev–Trinajstić information content (AvgIpc) is 2.65. The van der Waals surface area contributed by atoms with Crippen LogP contribution in [0.25, 0.3) is 0 Å². The van der Waals surface area contributed by atoms with Crippen molar-refractivity contribution in [2.45, 2.75) is 12.5 Å². The summed E-state index contributed by atoms with van der Waals surface area (Å²) >= 11 is 0. The molecule has 2 aromatic heterocycles. The third-order valence-corrected chi connectivity index (χ3v) is 2.59. The maximum absolute atomic E-state index is 13.0. The summed E-state index contributed by atoms with van der Waals surface area (Å²) < 4.78 is 14.6. The summed E-state index contributed by atoms with van der Waals surface area (Å²) in [5, 5.41) is 14.4. The van der Waals surface area contributed by atoms with Gasteiger partial charge in [0.15, 0.2) is 0 Å². The lowest BCUT2D eigenvalue weighted by atomic mass is 9.94. The van der Waals surface area contributed by atoms with E-state index in [1.807, 2.05) is 0 Å². The van der Waals surface area contributed by atoms with E-state index in [-0.39, 0.29) is 0 Å². The van der Waals surface area contributed by atoms with E-state index in [0.717, 1.165) is 6.20 Å². The van der Waals surface area contributed by atoms with E-state index in [1.165, 1.54) is 12.3 Å². The molecule has 2 heterocycles. The zero-order valence-corrected chi connectivity index (χ0v) is 9.05. The van der Waals surface area contributed by atoms with Gasteiger partial charge < -0.3 is 5.11 Å². The number of aromatic nitrogens is 3. The first kappa shape index (κ1) is 10.8. The van der Waals surface area contributed by atoms with Crippen molar-refractivity contribution < 1.29 is 9.50 Å². The van der Waals surface area contributed by atoms with Gasteiger partial charge in [-0.1, -0.05) is 0 Å². The molecule has 0 aromatic carbocycles. The Labute approximate surface area is 92.4 Å². The molecular formula is C11H12FN3O. The molecule has 1 N–H and O–H groups in total. The van der Waals surface area contributed by atoms with E-state index >= 15 is 0 Å². The Kier molecular flexibility index (Phi) is 2.47.